The highest BCUT2D eigenvalue weighted by Gasteiger charge is 2.15. The van der Waals surface area contributed by atoms with Crippen LogP contribution in [0.25, 0.3) is 11.3 Å². The second-order valence-electron chi connectivity index (χ2n) is 6.67. The van der Waals surface area contributed by atoms with E-state index in [1.165, 1.54) is 12.4 Å². The number of ether oxygens (including phenoxy) is 2. The van der Waals surface area contributed by atoms with E-state index in [2.05, 4.69) is 36.9 Å². The molecule has 0 aliphatic carbocycles. The fourth-order valence-electron chi connectivity index (χ4n) is 3.13. The molecule has 9 nitrogen and oxygen atoms in total. The summed E-state index contributed by atoms with van der Waals surface area (Å²) in [5, 5.41) is 22.6. The summed E-state index contributed by atoms with van der Waals surface area (Å²) in [6.07, 6.45) is 3.94. The van der Waals surface area contributed by atoms with Crippen molar-refractivity contribution in [1.82, 2.24) is 25.5 Å². The lowest BCUT2D eigenvalue weighted by molar-refractivity contribution is 0.190. The van der Waals surface area contributed by atoms with Crippen LogP contribution in [0.3, 0.4) is 0 Å². The molecule has 4 rings (SSSR count). The lowest BCUT2D eigenvalue weighted by Gasteiger charge is -2.13. The molecule has 9 heteroatoms. The summed E-state index contributed by atoms with van der Waals surface area (Å²) in [5.74, 6) is 1.86. The number of nitriles is 1. The maximum atomic E-state index is 8.79. The number of rotatable bonds is 7. The Labute approximate surface area is 168 Å². The second-order valence-corrected chi connectivity index (χ2v) is 6.67. The number of H-pyrrole nitrogens is 1. The van der Waals surface area contributed by atoms with Gasteiger partial charge >= 0.3 is 0 Å². The third-order valence-electron chi connectivity index (χ3n) is 4.68. The maximum Gasteiger partial charge on any atom is 0.158 e. The van der Waals surface area contributed by atoms with Gasteiger partial charge in [-0.25, -0.2) is 9.97 Å². The Morgan fingerprint density at radius 3 is 2.93 bits per heavy atom. The molecule has 3 N–H and O–H groups in total. The molecule has 1 atom stereocenters. The van der Waals surface area contributed by atoms with Crippen molar-refractivity contribution in [3.63, 3.8) is 0 Å². The second kappa shape index (κ2) is 8.68. The lowest BCUT2D eigenvalue weighted by atomic mass is 10.1. The standard InChI is InChI=1S/C20H21N7O2/c1-28-18-6-13(9-22-14-4-5-29-12-14)2-3-16(18)17-7-19(27-26-17)25-20-11-23-15(8-21)10-24-20/h2-3,6-7,10-11,14,22H,4-5,9,12H2,1H3,(H2,24,25,26,27). The highest BCUT2D eigenvalue weighted by Crippen LogP contribution is 2.31. The highest BCUT2D eigenvalue weighted by molar-refractivity contribution is 5.71. The number of aromatic amines is 1. The molecule has 148 valence electrons. The van der Waals surface area contributed by atoms with Gasteiger partial charge in [0.15, 0.2) is 11.5 Å². The average molecular weight is 391 g/mol. The van der Waals surface area contributed by atoms with E-state index in [0.717, 1.165) is 48.7 Å². The minimum absolute atomic E-state index is 0.262. The molecule has 1 saturated heterocycles. The lowest BCUT2D eigenvalue weighted by Crippen LogP contribution is -2.28. The molecular weight excluding hydrogens is 370 g/mol. The molecule has 1 unspecified atom stereocenters. The molecule has 3 heterocycles. The quantitative estimate of drug-likeness (QED) is 0.561. The van der Waals surface area contributed by atoms with Crippen LogP contribution in [0.5, 0.6) is 5.75 Å². The van der Waals surface area contributed by atoms with Gasteiger partial charge in [0.2, 0.25) is 0 Å². The fourth-order valence-corrected chi connectivity index (χ4v) is 3.13. The number of methoxy groups -OCH3 is 1. The van der Waals surface area contributed by atoms with Gasteiger partial charge in [-0.15, -0.1) is 0 Å². The first-order chi connectivity index (χ1) is 14.2. The van der Waals surface area contributed by atoms with Gasteiger partial charge < -0.3 is 20.1 Å². The minimum atomic E-state index is 0.262. The number of hydrogen-bond acceptors (Lipinski definition) is 8. The predicted octanol–water partition coefficient (Wildman–Crippen LogP) is 2.37. The Hall–Kier alpha value is -3.48. The summed E-state index contributed by atoms with van der Waals surface area (Å²) in [6, 6.07) is 10.3. The summed E-state index contributed by atoms with van der Waals surface area (Å²) in [5.41, 5.74) is 3.13. The number of nitrogens with zero attached hydrogens (tertiary/aromatic N) is 4. The zero-order valence-electron chi connectivity index (χ0n) is 16.0. The van der Waals surface area contributed by atoms with Crippen LogP contribution < -0.4 is 15.4 Å². The van der Waals surface area contributed by atoms with E-state index in [1.54, 1.807) is 7.11 Å². The number of hydrogen-bond donors (Lipinski definition) is 3. The summed E-state index contributed by atoms with van der Waals surface area (Å²) < 4.78 is 11.0. The fraction of sp³-hybridized carbons (Fsp3) is 0.300. The van der Waals surface area contributed by atoms with Gasteiger partial charge in [0.1, 0.15) is 17.6 Å². The normalized spacial score (nSPS) is 15.8. The topological polar surface area (TPSA) is 121 Å². The zero-order valence-corrected chi connectivity index (χ0v) is 16.0. The van der Waals surface area contributed by atoms with Crippen molar-refractivity contribution < 1.29 is 9.47 Å². The van der Waals surface area contributed by atoms with Crippen molar-refractivity contribution >= 4 is 11.6 Å². The van der Waals surface area contributed by atoms with E-state index in [0.29, 0.717) is 17.7 Å². The van der Waals surface area contributed by atoms with Crippen molar-refractivity contribution in [2.45, 2.75) is 19.0 Å². The van der Waals surface area contributed by atoms with Crippen LogP contribution in [-0.2, 0) is 11.3 Å². The molecule has 1 aromatic carbocycles. The van der Waals surface area contributed by atoms with Crippen LogP contribution >= 0.6 is 0 Å². The van der Waals surface area contributed by atoms with Gasteiger partial charge in [-0.05, 0) is 24.1 Å². The van der Waals surface area contributed by atoms with Gasteiger partial charge in [0.05, 0.1) is 31.8 Å². The Balaban J connectivity index is 1.46. The first-order valence-electron chi connectivity index (χ1n) is 9.28. The minimum Gasteiger partial charge on any atom is -0.496 e. The summed E-state index contributed by atoms with van der Waals surface area (Å²) in [6.45, 7) is 2.35. The summed E-state index contributed by atoms with van der Waals surface area (Å²) in [7, 11) is 1.66. The molecule has 1 fully saturated rings. The molecule has 2 aromatic heterocycles. The molecule has 1 aliphatic heterocycles. The van der Waals surface area contributed by atoms with E-state index >= 15 is 0 Å². The highest BCUT2D eigenvalue weighted by atomic mass is 16.5. The predicted molar refractivity (Wildman–Crippen MR) is 107 cm³/mol. The van der Waals surface area contributed by atoms with Gasteiger partial charge in [0, 0.05) is 30.8 Å². The van der Waals surface area contributed by atoms with Gasteiger partial charge in [-0.2, -0.15) is 10.4 Å². The first kappa shape index (κ1) is 18.9. The molecule has 1 aliphatic rings. The Kier molecular flexibility index (Phi) is 5.65. The van der Waals surface area contributed by atoms with Crippen molar-refractivity contribution in [1.29, 1.82) is 5.26 Å². The average Bonchev–Trinajstić information content (AvgIpc) is 3.45. The van der Waals surface area contributed by atoms with Gasteiger partial charge in [0.25, 0.3) is 0 Å². The van der Waals surface area contributed by atoms with Crippen molar-refractivity contribution in [2.75, 3.05) is 25.6 Å². The van der Waals surface area contributed by atoms with Crippen LogP contribution in [0, 0.1) is 11.3 Å². The summed E-state index contributed by atoms with van der Waals surface area (Å²) in [4.78, 5) is 8.12. The van der Waals surface area contributed by atoms with Crippen LogP contribution in [-0.4, -0.2) is 46.5 Å². The van der Waals surface area contributed by atoms with E-state index < -0.39 is 0 Å². The Morgan fingerprint density at radius 2 is 2.21 bits per heavy atom. The molecule has 3 aromatic rings. The van der Waals surface area contributed by atoms with Crippen LogP contribution in [0.1, 0.15) is 17.7 Å². The first-order valence-corrected chi connectivity index (χ1v) is 9.28. The third kappa shape index (κ3) is 4.51. The molecular formula is C20H21N7O2. The van der Waals surface area contributed by atoms with Crippen LogP contribution in [0.15, 0.2) is 36.7 Å². The third-order valence-corrected chi connectivity index (χ3v) is 4.68. The smallest absolute Gasteiger partial charge is 0.158 e. The van der Waals surface area contributed by atoms with Crippen LogP contribution in [0.4, 0.5) is 11.6 Å². The SMILES string of the molecule is COc1cc(CNC2CCOC2)ccc1-c1cc(Nc2cnc(C#N)cn2)n[nH]1. The van der Waals surface area contributed by atoms with E-state index in [1.807, 2.05) is 24.3 Å². The van der Waals surface area contributed by atoms with E-state index in [9.17, 15) is 0 Å². The number of benzene rings is 1. The molecule has 0 spiro atoms. The molecule has 0 radical (unpaired) electrons. The monoisotopic (exact) mass is 391 g/mol. The maximum absolute atomic E-state index is 8.79. The largest absolute Gasteiger partial charge is 0.496 e. The van der Waals surface area contributed by atoms with Crippen molar-refractivity contribution in [2.24, 2.45) is 0 Å². The van der Waals surface area contributed by atoms with Crippen LogP contribution in [0.2, 0.25) is 0 Å². The summed E-state index contributed by atoms with van der Waals surface area (Å²) >= 11 is 0. The molecule has 29 heavy (non-hydrogen) atoms. The molecule has 0 bridgehead atoms. The Bertz CT molecular complexity index is 1000. The Morgan fingerprint density at radius 1 is 1.28 bits per heavy atom. The molecule has 0 amide bonds. The van der Waals surface area contributed by atoms with Crippen molar-refractivity contribution in [3.05, 3.63) is 47.9 Å². The number of nitrogens with one attached hydrogen (secondary N) is 3. The number of aromatic nitrogens is 4. The van der Waals surface area contributed by atoms with Crippen molar-refractivity contribution in [3.8, 4) is 23.1 Å². The van der Waals surface area contributed by atoms with E-state index in [4.69, 9.17) is 14.7 Å². The van der Waals surface area contributed by atoms with E-state index in [-0.39, 0.29) is 5.69 Å². The molecule has 0 saturated carbocycles. The van der Waals surface area contributed by atoms with Gasteiger partial charge in [-0.3, -0.25) is 5.10 Å². The van der Waals surface area contributed by atoms with Gasteiger partial charge in [-0.1, -0.05) is 6.07 Å². The zero-order chi connectivity index (χ0) is 20.1. The number of anilines is 2.